The van der Waals surface area contributed by atoms with Gasteiger partial charge in [0.05, 0.1) is 34.9 Å². The highest BCUT2D eigenvalue weighted by Gasteiger charge is 2.41. The normalized spacial score (nSPS) is 11.3. The lowest BCUT2D eigenvalue weighted by Crippen LogP contribution is -2.74. The van der Waals surface area contributed by atoms with Crippen LogP contribution in [0.2, 0.25) is 0 Å². The van der Waals surface area contributed by atoms with Gasteiger partial charge in [0.1, 0.15) is 0 Å². The Hall–Kier alpha value is -6.46. The quantitative estimate of drug-likeness (QED) is 0.104. The number of benzene rings is 7. The van der Waals surface area contributed by atoms with Crippen LogP contribution in [-0.4, -0.2) is 12.6 Å². The highest BCUT2D eigenvalue weighted by Crippen LogP contribution is 2.39. The molecule has 4 heteroatoms. The molecule has 0 aliphatic carbocycles. The highest BCUT2D eigenvalue weighted by molar-refractivity contribution is 7.19. The number of hydrogen-bond acceptors (Lipinski definition) is 1. The summed E-state index contributed by atoms with van der Waals surface area (Å²) >= 11 is 0. The second-order valence-electron chi connectivity index (χ2n) is 11.9. The molecule has 8 aromatic rings. The van der Waals surface area contributed by atoms with Crippen LogP contribution in [0.1, 0.15) is 5.56 Å². The van der Waals surface area contributed by atoms with Crippen molar-refractivity contribution < 1.29 is 0 Å². The standard InChI is InChI=1S/C44H29N3Si/c1-46-41-30-40(33(31-45)29-44(41)47-42-26-13-11-24-38(42)39-25-12-14-27-43(39)47)32-16-15-23-37(28-32)48(34-17-5-2-6-18-34,35-19-7-3-8-20-35)36-21-9-4-10-22-36/h2-30H. The summed E-state index contributed by atoms with van der Waals surface area (Å²) in [5.41, 5.74) is 5.43. The van der Waals surface area contributed by atoms with Crippen molar-refractivity contribution in [3.63, 3.8) is 0 Å². The summed E-state index contributed by atoms with van der Waals surface area (Å²) in [7, 11) is -2.78. The average Bonchev–Trinajstić information content (AvgIpc) is 3.50. The van der Waals surface area contributed by atoms with Crippen LogP contribution in [0.4, 0.5) is 5.69 Å². The number of hydrogen-bond donors (Lipinski definition) is 0. The summed E-state index contributed by atoms with van der Waals surface area (Å²) in [5.74, 6) is 0. The number of fused-ring (bicyclic) bond motifs is 3. The third-order valence-electron chi connectivity index (χ3n) is 9.40. The van der Waals surface area contributed by atoms with E-state index < -0.39 is 8.07 Å². The predicted molar refractivity (Wildman–Crippen MR) is 201 cm³/mol. The molecule has 0 bridgehead atoms. The molecule has 0 unspecified atom stereocenters. The molecule has 8 rings (SSSR count). The zero-order chi connectivity index (χ0) is 32.5. The van der Waals surface area contributed by atoms with E-state index in [-0.39, 0.29) is 0 Å². The summed E-state index contributed by atoms with van der Waals surface area (Å²) in [6.45, 7) is 8.30. The third kappa shape index (κ3) is 4.55. The first-order valence-corrected chi connectivity index (χ1v) is 18.0. The SMILES string of the molecule is [C-]#[N+]c1cc(-c2cccc([Si](c3ccccc3)(c3ccccc3)c3ccccc3)c2)c(C#N)cc1-n1c2ccccc2c2ccccc21. The maximum atomic E-state index is 10.6. The van der Waals surface area contributed by atoms with Crippen molar-refractivity contribution in [3.8, 4) is 22.9 Å². The van der Waals surface area contributed by atoms with Crippen molar-refractivity contribution >= 4 is 56.3 Å². The minimum absolute atomic E-state index is 0.499. The Balaban J connectivity index is 1.38. The maximum Gasteiger partial charge on any atom is 0.211 e. The molecule has 0 radical (unpaired) electrons. The van der Waals surface area contributed by atoms with Gasteiger partial charge >= 0.3 is 0 Å². The molecule has 0 spiro atoms. The lowest BCUT2D eigenvalue weighted by molar-refractivity contribution is 1.18. The van der Waals surface area contributed by atoms with Crippen LogP contribution in [0, 0.1) is 17.9 Å². The van der Waals surface area contributed by atoms with Gasteiger partial charge in [0.2, 0.25) is 5.69 Å². The van der Waals surface area contributed by atoms with Gasteiger partial charge in [-0.2, -0.15) is 5.26 Å². The first-order chi connectivity index (χ1) is 23.7. The lowest BCUT2D eigenvalue weighted by Gasteiger charge is -2.34. The van der Waals surface area contributed by atoms with Crippen molar-refractivity contribution in [2.24, 2.45) is 0 Å². The number of para-hydroxylation sites is 2. The van der Waals surface area contributed by atoms with Gasteiger partial charge < -0.3 is 4.57 Å². The molecule has 224 valence electrons. The number of rotatable bonds is 6. The van der Waals surface area contributed by atoms with E-state index in [1.54, 1.807) is 0 Å². The van der Waals surface area contributed by atoms with E-state index in [2.05, 4.69) is 155 Å². The van der Waals surface area contributed by atoms with Gasteiger partial charge in [-0.1, -0.05) is 152 Å². The molecule has 0 atom stereocenters. The first kappa shape index (κ1) is 29.0. The molecular weight excluding hydrogens is 599 g/mol. The van der Waals surface area contributed by atoms with E-state index >= 15 is 0 Å². The van der Waals surface area contributed by atoms with Gasteiger partial charge in [-0.25, -0.2) is 4.85 Å². The third-order valence-corrected chi connectivity index (χ3v) is 14.2. The molecule has 0 aliphatic heterocycles. The van der Waals surface area contributed by atoms with Crippen LogP contribution < -0.4 is 20.7 Å². The number of aromatic nitrogens is 1. The van der Waals surface area contributed by atoms with E-state index in [1.165, 1.54) is 20.7 Å². The molecule has 7 aromatic carbocycles. The van der Waals surface area contributed by atoms with Crippen molar-refractivity contribution in [2.45, 2.75) is 0 Å². The average molecular weight is 628 g/mol. The predicted octanol–water partition coefficient (Wildman–Crippen LogP) is 8.25. The van der Waals surface area contributed by atoms with E-state index in [0.29, 0.717) is 16.9 Å². The topological polar surface area (TPSA) is 33.1 Å². The van der Waals surface area contributed by atoms with E-state index in [0.717, 1.165) is 32.9 Å². The molecule has 0 aliphatic rings. The summed E-state index contributed by atoms with van der Waals surface area (Å²) in [5, 5.41) is 17.9. The molecule has 1 aromatic heterocycles. The largest absolute Gasteiger partial charge is 0.319 e. The molecular formula is C44H29N3Si. The van der Waals surface area contributed by atoms with Gasteiger partial charge in [-0.15, -0.1) is 0 Å². The highest BCUT2D eigenvalue weighted by atomic mass is 28.3. The smallest absolute Gasteiger partial charge is 0.211 e. The Labute approximate surface area is 281 Å². The van der Waals surface area contributed by atoms with Crippen molar-refractivity contribution in [1.29, 1.82) is 5.26 Å². The van der Waals surface area contributed by atoms with E-state index in [9.17, 15) is 5.26 Å². The molecule has 0 N–H and O–H groups in total. The molecule has 3 nitrogen and oxygen atoms in total. The fourth-order valence-electron chi connectivity index (χ4n) is 7.34. The van der Waals surface area contributed by atoms with Gasteiger partial charge in [0.25, 0.3) is 0 Å². The monoisotopic (exact) mass is 627 g/mol. The maximum absolute atomic E-state index is 10.6. The minimum Gasteiger partial charge on any atom is -0.319 e. The molecule has 0 saturated carbocycles. The fraction of sp³-hybridized carbons (Fsp3) is 0. The summed E-state index contributed by atoms with van der Waals surface area (Å²) < 4.78 is 2.12. The summed E-state index contributed by atoms with van der Waals surface area (Å²) in [4.78, 5) is 4.04. The van der Waals surface area contributed by atoms with Crippen LogP contribution in [0.15, 0.2) is 176 Å². The summed E-state index contributed by atoms with van der Waals surface area (Å²) in [6.07, 6.45) is 0. The first-order valence-electron chi connectivity index (χ1n) is 16.0. The van der Waals surface area contributed by atoms with Crippen molar-refractivity contribution in [1.82, 2.24) is 4.57 Å². The second kappa shape index (κ2) is 12.0. The van der Waals surface area contributed by atoms with E-state index in [4.69, 9.17) is 6.57 Å². The van der Waals surface area contributed by atoms with Gasteiger partial charge in [-0.05, 0) is 56.1 Å². The van der Waals surface area contributed by atoms with Gasteiger partial charge in [-0.3, -0.25) is 0 Å². The molecule has 48 heavy (non-hydrogen) atoms. The van der Waals surface area contributed by atoms with Crippen molar-refractivity contribution in [2.75, 3.05) is 0 Å². The van der Waals surface area contributed by atoms with Crippen LogP contribution in [0.3, 0.4) is 0 Å². The Morgan fingerprint density at radius 2 is 1.00 bits per heavy atom. The van der Waals surface area contributed by atoms with Crippen LogP contribution in [0.5, 0.6) is 0 Å². The van der Waals surface area contributed by atoms with Crippen molar-refractivity contribution in [3.05, 3.63) is 193 Å². The van der Waals surface area contributed by atoms with Gasteiger partial charge in [0.15, 0.2) is 8.07 Å². The molecule has 0 saturated heterocycles. The Bertz CT molecular complexity index is 2370. The Kier molecular flexibility index (Phi) is 7.27. The number of nitrogens with zero attached hydrogens (tertiary/aromatic N) is 3. The zero-order valence-corrected chi connectivity index (χ0v) is 27.1. The van der Waals surface area contributed by atoms with Crippen LogP contribution in [0.25, 0.3) is 43.5 Å². The molecule has 1 heterocycles. The summed E-state index contributed by atoms with van der Waals surface area (Å²) in [6, 6.07) is 63.8. The van der Waals surface area contributed by atoms with E-state index in [1.807, 2.05) is 36.4 Å². The second-order valence-corrected chi connectivity index (χ2v) is 15.7. The minimum atomic E-state index is -2.78. The Morgan fingerprint density at radius 1 is 0.521 bits per heavy atom. The fourth-order valence-corrected chi connectivity index (χ4v) is 12.1. The molecule has 0 fully saturated rings. The van der Waals surface area contributed by atoms with Crippen LogP contribution in [-0.2, 0) is 0 Å². The zero-order valence-electron chi connectivity index (χ0n) is 26.1. The Morgan fingerprint density at radius 3 is 1.50 bits per heavy atom. The molecule has 0 amide bonds. The lowest BCUT2D eigenvalue weighted by atomic mass is 9.98. The van der Waals surface area contributed by atoms with Gasteiger partial charge in [0, 0.05) is 10.8 Å². The number of nitriles is 1. The van der Waals surface area contributed by atoms with Crippen LogP contribution >= 0.6 is 0 Å².